The van der Waals surface area contributed by atoms with E-state index in [9.17, 15) is 0 Å². The Hall–Kier alpha value is -1.03. The fraction of sp³-hybridized carbons (Fsp3) is 0.429. The van der Waals surface area contributed by atoms with Crippen molar-refractivity contribution in [2.75, 3.05) is 13.7 Å². The van der Waals surface area contributed by atoms with Crippen molar-refractivity contribution in [2.24, 2.45) is 0 Å². The highest BCUT2D eigenvalue weighted by Gasteiger charge is 2.09. The van der Waals surface area contributed by atoms with Gasteiger partial charge in [-0.05, 0) is 19.4 Å². The molecule has 98 valence electrons. The highest BCUT2D eigenvalue weighted by molar-refractivity contribution is 6.36. The molecule has 2 aromatic rings. The minimum atomic E-state index is 0.410. The standard InChI is InChI=1S/C14H19ClN2O/c1-10(7-8-18-2)16-9-13-14(15)11-5-3-4-6-12(11)17-13/h3-6,10,16-17H,7-9H2,1-2H3. The Morgan fingerprint density at radius 2 is 2.17 bits per heavy atom. The van der Waals surface area contributed by atoms with Gasteiger partial charge in [-0.25, -0.2) is 0 Å². The molecule has 0 fully saturated rings. The summed E-state index contributed by atoms with van der Waals surface area (Å²) in [6.07, 6.45) is 0.994. The largest absolute Gasteiger partial charge is 0.385 e. The van der Waals surface area contributed by atoms with E-state index in [2.05, 4.69) is 17.2 Å². The molecule has 18 heavy (non-hydrogen) atoms. The van der Waals surface area contributed by atoms with Crippen LogP contribution in [0.2, 0.25) is 5.02 Å². The SMILES string of the molecule is COCCC(C)NCc1[nH]c2ccccc2c1Cl. The molecule has 1 heterocycles. The van der Waals surface area contributed by atoms with Gasteiger partial charge in [-0.2, -0.15) is 0 Å². The number of fused-ring (bicyclic) bond motifs is 1. The minimum Gasteiger partial charge on any atom is -0.385 e. The maximum Gasteiger partial charge on any atom is 0.0705 e. The average molecular weight is 267 g/mol. The van der Waals surface area contributed by atoms with Gasteiger partial charge < -0.3 is 15.0 Å². The van der Waals surface area contributed by atoms with Crippen molar-refractivity contribution in [1.82, 2.24) is 10.3 Å². The number of aromatic nitrogens is 1. The number of para-hydroxylation sites is 1. The molecule has 1 unspecified atom stereocenters. The van der Waals surface area contributed by atoms with Crippen LogP contribution in [0, 0.1) is 0 Å². The van der Waals surface area contributed by atoms with Gasteiger partial charge >= 0.3 is 0 Å². The van der Waals surface area contributed by atoms with Crippen molar-refractivity contribution in [1.29, 1.82) is 0 Å². The number of H-pyrrole nitrogens is 1. The Kier molecular flexibility index (Phi) is 4.64. The predicted octanol–water partition coefficient (Wildman–Crippen LogP) is 3.34. The zero-order valence-electron chi connectivity index (χ0n) is 10.8. The fourth-order valence-corrected chi connectivity index (χ4v) is 2.24. The van der Waals surface area contributed by atoms with Crippen LogP contribution in [-0.4, -0.2) is 24.7 Å². The first-order valence-electron chi connectivity index (χ1n) is 6.19. The van der Waals surface area contributed by atoms with Gasteiger partial charge in [0.1, 0.15) is 0 Å². The zero-order valence-corrected chi connectivity index (χ0v) is 11.6. The predicted molar refractivity (Wildman–Crippen MR) is 76.1 cm³/mol. The van der Waals surface area contributed by atoms with E-state index < -0.39 is 0 Å². The van der Waals surface area contributed by atoms with Crippen molar-refractivity contribution >= 4 is 22.5 Å². The monoisotopic (exact) mass is 266 g/mol. The molecule has 1 atom stereocenters. The molecule has 3 nitrogen and oxygen atoms in total. The molecule has 0 aliphatic rings. The zero-order chi connectivity index (χ0) is 13.0. The Labute approximate surface area is 112 Å². The van der Waals surface area contributed by atoms with Crippen LogP contribution in [0.25, 0.3) is 10.9 Å². The van der Waals surface area contributed by atoms with E-state index in [0.29, 0.717) is 6.04 Å². The smallest absolute Gasteiger partial charge is 0.0705 e. The number of benzene rings is 1. The highest BCUT2D eigenvalue weighted by atomic mass is 35.5. The van der Waals surface area contributed by atoms with Gasteiger partial charge in [-0.3, -0.25) is 0 Å². The second-order valence-corrected chi connectivity index (χ2v) is 4.90. The normalized spacial score (nSPS) is 13.1. The number of hydrogen-bond donors (Lipinski definition) is 2. The first-order valence-corrected chi connectivity index (χ1v) is 6.57. The first kappa shape index (κ1) is 13.4. The maximum absolute atomic E-state index is 6.35. The van der Waals surface area contributed by atoms with Crippen molar-refractivity contribution in [3.05, 3.63) is 35.0 Å². The van der Waals surface area contributed by atoms with Crippen molar-refractivity contribution < 1.29 is 4.74 Å². The lowest BCUT2D eigenvalue weighted by Gasteiger charge is -2.12. The number of aromatic amines is 1. The second kappa shape index (κ2) is 6.23. The average Bonchev–Trinajstić information content (AvgIpc) is 2.71. The molecule has 0 saturated carbocycles. The molecule has 1 aromatic carbocycles. The summed E-state index contributed by atoms with van der Waals surface area (Å²) in [5, 5.41) is 5.34. The van der Waals surface area contributed by atoms with Crippen LogP contribution in [0.5, 0.6) is 0 Å². The number of methoxy groups -OCH3 is 1. The summed E-state index contributed by atoms with van der Waals surface area (Å²) in [5.74, 6) is 0. The van der Waals surface area contributed by atoms with Crippen LogP contribution in [0.3, 0.4) is 0 Å². The lowest BCUT2D eigenvalue weighted by Crippen LogP contribution is -2.26. The van der Waals surface area contributed by atoms with Crippen LogP contribution in [0.15, 0.2) is 24.3 Å². The van der Waals surface area contributed by atoms with Crippen LogP contribution in [0.4, 0.5) is 0 Å². The molecule has 0 aliphatic carbocycles. The van der Waals surface area contributed by atoms with Crippen LogP contribution in [0.1, 0.15) is 19.0 Å². The van der Waals surface area contributed by atoms with Gasteiger partial charge in [0.15, 0.2) is 0 Å². The summed E-state index contributed by atoms with van der Waals surface area (Å²) >= 11 is 6.35. The van der Waals surface area contributed by atoms with E-state index in [1.165, 1.54) is 0 Å². The Morgan fingerprint density at radius 3 is 2.89 bits per heavy atom. The number of hydrogen-bond acceptors (Lipinski definition) is 2. The molecule has 0 radical (unpaired) electrons. The second-order valence-electron chi connectivity index (χ2n) is 4.53. The number of ether oxygens (including phenoxy) is 1. The number of nitrogens with one attached hydrogen (secondary N) is 2. The number of rotatable bonds is 6. The molecule has 2 rings (SSSR count). The summed E-state index contributed by atoms with van der Waals surface area (Å²) in [6, 6.07) is 8.49. The van der Waals surface area contributed by atoms with Crippen LogP contribution in [-0.2, 0) is 11.3 Å². The van der Waals surface area contributed by atoms with E-state index in [0.717, 1.165) is 41.2 Å². The van der Waals surface area contributed by atoms with E-state index in [1.54, 1.807) is 7.11 Å². The molecule has 0 spiro atoms. The van der Waals surface area contributed by atoms with Crippen LogP contribution < -0.4 is 5.32 Å². The molecule has 4 heteroatoms. The third-order valence-electron chi connectivity index (χ3n) is 3.10. The number of halogens is 1. The van der Waals surface area contributed by atoms with Crippen LogP contribution >= 0.6 is 11.6 Å². The van der Waals surface area contributed by atoms with Gasteiger partial charge in [0, 0.05) is 42.9 Å². The molecular weight excluding hydrogens is 248 g/mol. The molecule has 0 bridgehead atoms. The molecule has 1 aromatic heterocycles. The summed E-state index contributed by atoms with van der Waals surface area (Å²) in [4.78, 5) is 3.35. The van der Waals surface area contributed by atoms with Gasteiger partial charge in [0.2, 0.25) is 0 Å². The lowest BCUT2D eigenvalue weighted by atomic mass is 10.2. The molecule has 0 amide bonds. The van der Waals surface area contributed by atoms with E-state index in [-0.39, 0.29) is 0 Å². The highest BCUT2D eigenvalue weighted by Crippen LogP contribution is 2.26. The molecular formula is C14H19ClN2O. The third-order valence-corrected chi connectivity index (χ3v) is 3.53. The Morgan fingerprint density at radius 1 is 1.39 bits per heavy atom. The molecule has 2 N–H and O–H groups in total. The quantitative estimate of drug-likeness (QED) is 0.841. The molecule has 0 saturated heterocycles. The summed E-state index contributed by atoms with van der Waals surface area (Å²) in [7, 11) is 1.72. The van der Waals surface area contributed by atoms with Gasteiger partial charge in [0.25, 0.3) is 0 Å². The van der Waals surface area contributed by atoms with Gasteiger partial charge in [-0.15, -0.1) is 0 Å². The Balaban J connectivity index is 2.01. The van der Waals surface area contributed by atoms with Crippen molar-refractivity contribution in [3.63, 3.8) is 0 Å². The summed E-state index contributed by atoms with van der Waals surface area (Å²) in [6.45, 7) is 3.67. The molecule has 0 aliphatic heterocycles. The van der Waals surface area contributed by atoms with E-state index in [1.807, 2.05) is 24.3 Å². The first-order chi connectivity index (χ1) is 8.72. The Bertz CT molecular complexity index is 509. The fourth-order valence-electron chi connectivity index (χ4n) is 1.96. The van der Waals surface area contributed by atoms with E-state index in [4.69, 9.17) is 16.3 Å². The van der Waals surface area contributed by atoms with Gasteiger partial charge in [0.05, 0.1) is 5.02 Å². The lowest BCUT2D eigenvalue weighted by molar-refractivity contribution is 0.184. The maximum atomic E-state index is 6.35. The van der Waals surface area contributed by atoms with Crippen molar-refractivity contribution in [3.8, 4) is 0 Å². The summed E-state index contributed by atoms with van der Waals surface area (Å²) in [5.41, 5.74) is 2.13. The topological polar surface area (TPSA) is 37.0 Å². The van der Waals surface area contributed by atoms with E-state index >= 15 is 0 Å². The minimum absolute atomic E-state index is 0.410. The summed E-state index contributed by atoms with van der Waals surface area (Å²) < 4.78 is 5.06. The third kappa shape index (κ3) is 3.05. The van der Waals surface area contributed by atoms with Gasteiger partial charge in [-0.1, -0.05) is 29.8 Å². The van der Waals surface area contributed by atoms with Crippen molar-refractivity contribution in [2.45, 2.75) is 25.9 Å².